The number of hydrogen-bond acceptors (Lipinski definition) is 4. The van der Waals surface area contributed by atoms with E-state index in [-0.39, 0.29) is 11.4 Å². The molecule has 0 saturated carbocycles. The summed E-state index contributed by atoms with van der Waals surface area (Å²) in [6, 6.07) is 11.4. The van der Waals surface area contributed by atoms with Gasteiger partial charge in [0.1, 0.15) is 4.90 Å². The lowest BCUT2D eigenvalue weighted by Gasteiger charge is -2.14. The third-order valence-electron chi connectivity index (χ3n) is 2.92. The van der Waals surface area contributed by atoms with Gasteiger partial charge in [-0.3, -0.25) is 9.78 Å². The number of hydrogen-bond donors (Lipinski definition) is 2. The van der Waals surface area contributed by atoms with E-state index in [1.54, 1.807) is 30.3 Å². The van der Waals surface area contributed by atoms with E-state index in [0.717, 1.165) is 0 Å². The third kappa shape index (κ3) is 3.87. The lowest BCUT2D eigenvalue weighted by molar-refractivity contribution is -0.138. The standard InChI is InChI=1S/C14H14N2O4S/c17-14(18)13(11-5-2-1-3-6-11)10-16-21(19,20)12-7-4-8-15-9-12/h1-9,13,16H,10H2,(H,17,18). The molecule has 1 aromatic carbocycles. The fourth-order valence-electron chi connectivity index (χ4n) is 1.82. The molecule has 0 spiro atoms. The van der Waals surface area contributed by atoms with Crippen molar-refractivity contribution in [2.75, 3.05) is 6.54 Å². The van der Waals surface area contributed by atoms with Crippen LogP contribution in [0.15, 0.2) is 59.8 Å². The molecule has 0 amide bonds. The zero-order valence-corrected chi connectivity index (χ0v) is 11.8. The Morgan fingerprint density at radius 3 is 2.48 bits per heavy atom. The Hall–Kier alpha value is -2.25. The number of rotatable bonds is 6. The smallest absolute Gasteiger partial charge is 0.312 e. The van der Waals surface area contributed by atoms with Crippen molar-refractivity contribution in [3.05, 3.63) is 60.4 Å². The average Bonchev–Trinajstić information content (AvgIpc) is 2.49. The second kappa shape index (κ2) is 6.47. The van der Waals surface area contributed by atoms with Crippen molar-refractivity contribution in [1.29, 1.82) is 0 Å². The molecule has 1 unspecified atom stereocenters. The van der Waals surface area contributed by atoms with Gasteiger partial charge in [-0.15, -0.1) is 0 Å². The lowest BCUT2D eigenvalue weighted by atomic mass is 10.00. The van der Waals surface area contributed by atoms with Crippen LogP contribution in [-0.4, -0.2) is 31.0 Å². The predicted octanol–water partition coefficient (Wildman–Crippen LogP) is 1.23. The van der Waals surface area contributed by atoms with Crippen LogP contribution < -0.4 is 4.72 Å². The molecule has 0 aliphatic heterocycles. The number of aromatic nitrogens is 1. The maximum absolute atomic E-state index is 12.0. The molecule has 2 N–H and O–H groups in total. The van der Waals surface area contributed by atoms with Gasteiger partial charge >= 0.3 is 5.97 Å². The number of carboxylic acid groups (broad SMARTS) is 1. The highest BCUT2D eigenvalue weighted by molar-refractivity contribution is 7.89. The molecule has 21 heavy (non-hydrogen) atoms. The summed E-state index contributed by atoms with van der Waals surface area (Å²) in [6.45, 7) is -0.226. The topological polar surface area (TPSA) is 96.4 Å². The SMILES string of the molecule is O=C(O)C(CNS(=O)(=O)c1cccnc1)c1ccccc1. The Kier molecular flexibility index (Phi) is 4.66. The quantitative estimate of drug-likeness (QED) is 0.836. The summed E-state index contributed by atoms with van der Waals surface area (Å²) < 4.78 is 26.4. The summed E-state index contributed by atoms with van der Waals surface area (Å²) in [5.41, 5.74) is 0.541. The van der Waals surface area contributed by atoms with Crippen molar-refractivity contribution >= 4 is 16.0 Å². The predicted molar refractivity (Wildman–Crippen MR) is 76.2 cm³/mol. The lowest BCUT2D eigenvalue weighted by Crippen LogP contribution is -2.31. The summed E-state index contributed by atoms with van der Waals surface area (Å²) in [5, 5.41) is 9.25. The summed E-state index contributed by atoms with van der Waals surface area (Å²) >= 11 is 0. The van der Waals surface area contributed by atoms with E-state index in [1.165, 1.54) is 24.5 Å². The van der Waals surface area contributed by atoms with Crippen molar-refractivity contribution in [2.24, 2.45) is 0 Å². The molecule has 0 aliphatic carbocycles. The van der Waals surface area contributed by atoms with E-state index >= 15 is 0 Å². The summed E-state index contributed by atoms with van der Waals surface area (Å²) in [5.74, 6) is -2.03. The molecule has 2 rings (SSSR count). The summed E-state index contributed by atoms with van der Waals surface area (Å²) in [7, 11) is -3.77. The van der Waals surface area contributed by atoms with Crippen LogP contribution in [-0.2, 0) is 14.8 Å². The second-order valence-corrected chi connectivity index (χ2v) is 6.11. The highest BCUT2D eigenvalue weighted by atomic mass is 32.2. The van der Waals surface area contributed by atoms with Crippen LogP contribution in [0.2, 0.25) is 0 Å². The highest BCUT2D eigenvalue weighted by Crippen LogP contribution is 2.16. The monoisotopic (exact) mass is 306 g/mol. The highest BCUT2D eigenvalue weighted by Gasteiger charge is 2.23. The van der Waals surface area contributed by atoms with Gasteiger partial charge in [-0.25, -0.2) is 13.1 Å². The van der Waals surface area contributed by atoms with Crippen LogP contribution in [0.25, 0.3) is 0 Å². The number of pyridine rings is 1. The first-order valence-corrected chi connectivity index (χ1v) is 7.66. The zero-order chi connectivity index (χ0) is 15.3. The number of sulfonamides is 1. The van der Waals surface area contributed by atoms with Crippen LogP contribution in [0, 0.1) is 0 Å². The van der Waals surface area contributed by atoms with Gasteiger partial charge in [-0.1, -0.05) is 30.3 Å². The van der Waals surface area contributed by atoms with Crippen LogP contribution in [0.4, 0.5) is 0 Å². The largest absolute Gasteiger partial charge is 0.481 e. The number of carbonyl (C=O) groups is 1. The fourth-order valence-corrected chi connectivity index (χ4v) is 2.83. The Morgan fingerprint density at radius 1 is 1.19 bits per heavy atom. The van der Waals surface area contributed by atoms with E-state index in [4.69, 9.17) is 0 Å². The van der Waals surface area contributed by atoms with Crippen LogP contribution >= 0.6 is 0 Å². The molecule has 7 heteroatoms. The van der Waals surface area contributed by atoms with E-state index in [1.807, 2.05) is 0 Å². The molecule has 1 aromatic heterocycles. The van der Waals surface area contributed by atoms with Crippen molar-refractivity contribution in [1.82, 2.24) is 9.71 Å². The van der Waals surface area contributed by atoms with Crippen molar-refractivity contribution in [2.45, 2.75) is 10.8 Å². The van der Waals surface area contributed by atoms with Crippen molar-refractivity contribution in [3.8, 4) is 0 Å². The molecule has 0 radical (unpaired) electrons. The van der Waals surface area contributed by atoms with Crippen molar-refractivity contribution in [3.63, 3.8) is 0 Å². The van der Waals surface area contributed by atoms with Crippen LogP contribution in [0.1, 0.15) is 11.5 Å². The number of nitrogens with zero attached hydrogens (tertiary/aromatic N) is 1. The molecular weight excluding hydrogens is 292 g/mol. The van der Waals surface area contributed by atoms with Crippen LogP contribution in [0.5, 0.6) is 0 Å². The van der Waals surface area contributed by atoms with Gasteiger partial charge < -0.3 is 5.11 Å². The maximum atomic E-state index is 12.0. The first kappa shape index (κ1) is 15.1. The molecule has 0 saturated heterocycles. The molecule has 1 atom stereocenters. The molecule has 2 aromatic rings. The van der Waals surface area contributed by atoms with E-state index < -0.39 is 21.9 Å². The van der Waals surface area contributed by atoms with Crippen LogP contribution in [0.3, 0.4) is 0 Å². The molecular formula is C14H14N2O4S. The summed E-state index contributed by atoms with van der Waals surface area (Å²) in [4.78, 5) is 15.0. The molecule has 0 aliphatic rings. The van der Waals surface area contributed by atoms with Gasteiger partial charge in [0.05, 0.1) is 5.92 Å². The molecule has 0 bridgehead atoms. The van der Waals surface area contributed by atoms with E-state index in [9.17, 15) is 18.3 Å². The molecule has 110 valence electrons. The Morgan fingerprint density at radius 2 is 1.90 bits per heavy atom. The Labute approximate surface area is 122 Å². The third-order valence-corrected chi connectivity index (χ3v) is 4.33. The summed E-state index contributed by atoms with van der Waals surface area (Å²) in [6.07, 6.45) is 2.67. The normalized spacial score (nSPS) is 12.8. The average molecular weight is 306 g/mol. The van der Waals surface area contributed by atoms with E-state index in [2.05, 4.69) is 9.71 Å². The van der Waals surface area contributed by atoms with Gasteiger partial charge in [0.2, 0.25) is 10.0 Å². The van der Waals surface area contributed by atoms with Gasteiger partial charge in [0.15, 0.2) is 0 Å². The Balaban J connectivity index is 2.15. The minimum absolute atomic E-state index is 0.00204. The Bertz CT molecular complexity index is 702. The van der Waals surface area contributed by atoms with Gasteiger partial charge in [-0.05, 0) is 17.7 Å². The number of benzene rings is 1. The number of aliphatic carboxylic acids is 1. The van der Waals surface area contributed by atoms with Gasteiger partial charge in [-0.2, -0.15) is 0 Å². The van der Waals surface area contributed by atoms with Crippen molar-refractivity contribution < 1.29 is 18.3 Å². The zero-order valence-electron chi connectivity index (χ0n) is 11.0. The molecule has 0 fully saturated rings. The fraction of sp³-hybridized carbons (Fsp3) is 0.143. The first-order chi connectivity index (χ1) is 10.0. The maximum Gasteiger partial charge on any atom is 0.312 e. The minimum atomic E-state index is -3.77. The van der Waals surface area contributed by atoms with Gasteiger partial charge in [0, 0.05) is 18.9 Å². The molecule has 6 nitrogen and oxygen atoms in total. The van der Waals surface area contributed by atoms with E-state index in [0.29, 0.717) is 5.56 Å². The first-order valence-electron chi connectivity index (χ1n) is 6.18. The minimum Gasteiger partial charge on any atom is -0.481 e. The second-order valence-electron chi connectivity index (χ2n) is 4.34. The number of carboxylic acids is 1. The molecule has 1 heterocycles. The number of nitrogens with one attached hydrogen (secondary N) is 1. The van der Waals surface area contributed by atoms with Gasteiger partial charge in [0.25, 0.3) is 0 Å².